The molecule has 0 aromatic carbocycles. The first-order chi connectivity index (χ1) is 9.38. The molecule has 20 heavy (non-hydrogen) atoms. The Labute approximate surface area is 121 Å². The summed E-state index contributed by atoms with van der Waals surface area (Å²) in [5, 5.41) is 0.107. The molecule has 3 N–H and O–H groups in total. The van der Waals surface area contributed by atoms with Crippen molar-refractivity contribution in [2.24, 2.45) is 0 Å². The summed E-state index contributed by atoms with van der Waals surface area (Å²) in [6.45, 7) is 2.22. The molecule has 108 valence electrons. The highest BCUT2D eigenvalue weighted by atomic mass is 35.5. The van der Waals surface area contributed by atoms with Crippen LogP contribution in [-0.4, -0.2) is 29.0 Å². The van der Waals surface area contributed by atoms with Gasteiger partial charge in [-0.2, -0.15) is 0 Å². The quantitative estimate of drug-likeness (QED) is 0.852. The highest BCUT2D eigenvalue weighted by Crippen LogP contribution is 2.19. The Morgan fingerprint density at radius 2 is 2.30 bits per heavy atom. The monoisotopic (exact) mass is 315 g/mol. The van der Waals surface area contributed by atoms with Gasteiger partial charge in [-0.05, 0) is 13.0 Å². The molecule has 0 saturated carbocycles. The normalized spacial score (nSPS) is 13.3. The van der Waals surface area contributed by atoms with Crippen LogP contribution in [0, 0.1) is 0 Å². The van der Waals surface area contributed by atoms with Crippen molar-refractivity contribution < 1.29 is 8.42 Å². The van der Waals surface area contributed by atoms with E-state index in [1.807, 2.05) is 0 Å². The lowest BCUT2D eigenvalue weighted by molar-refractivity contribution is 0.520. The van der Waals surface area contributed by atoms with Gasteiger partial charge in [0, 0.05) is 31.2 Å². The molecule has 0 fully saturated rings. The average molecular weight is 316 g/mol. The van der Waals surface area contributed by atoms with Crippen LogP contribution in [0.5, 0.6) is 0 Å². The standard InChI is InChI=1S/C11H14ClN5O2S/c1-8(6-17-3-2-14-7-17)16-20(18,19)9-4-10(12)11(13)15-5-9/h2-5,7-8,16H,6H2,1H3,(H2,13,15). The highest BCUT2D eigenvalue weighted by Gasteiger charge is 2.19. The second-order valence-electron chi connectivity index (χ2n) is 4.32. The minimum atomic E-state index is -3.69. The van der Waals surface area contributed by atoms with Gasteiger partial charge in [0.25, 0.3) is 0 Å². The number of aromatic nitrogens is 3. The molecule has 2 aromatic heterocycles. The van der Waals surface area contributed by atoms with Crippen LogP contribution < -0.4 is 10.5 Å². The number of hydrogen-bond donors (Lipinski definition) is 2. The van der Waals surface area contributed by atoms with Crippen molar-refractivity contribution in [1.29, 1.82) is 0 Å². The number of pyridine rings is 1. The van der Waals surface area contributed by atoms with Crippen LogP contribution >= 0.6 is 11.6 Å². The van der Waals surface area contributed by atoms with Crippen LogP contribution in [0.3, 0.4) is 0 Å². The van der Waals surface area contributed by atoms with Gasteiger partial charge in [-0.15, -0.1) is 0 Å². The zero-order chi connectivity index (χ0) is 14.8. The minimum absolute atomic E-state index is 0.0193. The summed E-state index contributed by atoms with van der Waals surface area (Å²) in [7, 11) is -3.69. The SMILES string of the molecule is CC(Cn1ccnc1)NS(=O)(=O)c1cnc(N)c(Cl)c1. The smallest absolute Gasteiger partial charge is 0.242 e. The molecule has 0 radical (unpaired) electrons. The van der Waals surface area contributed by atoms with Crippen molar-refractivity contribution in [1.82, 2.24) is 19.3 Å². The Balaban J connectivity index is 2.12. The molecule has 1 unspecified atom stereocenters. The summed E-state index contributed by atoms with van der Waals surface area (Å²) in [5.74, 6) is 0.0945. The molecule has 2 rings (SSSR count). The van der Waals surface area contributed by atoms with Crippen LogP contribution in [0.4, 0.5) is 5.82 Å². The number of nitrogens with zero attached hydrogens (tertiary/aromatic N) is 3. The van der Waals surface area contributed by atoms with Gasteiger partial charge in [-0.1, -0.05) is 11.6 Å². The fourth-order valence-electron chi connectivity index (χ4n) is 1.66. The molecular formula is C11H14ClN5O2S. The first-order valence-corrected chi connectivity index (χ1v) is 7.63. The number of anilines is 1. The van der Waals surface area contributed by atoms with E-state index in [9.17, 15) is 8.42 Å². The fraction of sp³-hybridized carbons (Fsp3) is 0.273. The third kappa shape index (κ3) is 3.47. The van der Waals surface area contributed by atoms with E-state index >= 15 is 0 Å². The molecule has 0 aliphatic heterocycles. The predicted octanol–water partition coefficient (Wildman–Crippen LogP) is 0.881. The van der Waals surface area contributed by atoms with E-state index < -0.39 is 10.0 Å². The van der Waals surface area contributed by atoms with Crippen LogP contribution in [0.1, 0.15) is 6.92 Å². The summed E-state index contributed by atoms with van der Waals surface area (Å²) >= 11 is 5.78. The molecule has 1 atom stereocenters. The van der Waals surface area contributed by atoms with Gasteiger partial charge in [-0.25, -0.2) is 23.1 Å². The van der Waals surface area contributed by atoms with Gasteiger partial charge >= 0.3 is 0 Å². The molecule has 2 aromatic rings. The second-order valence-corrected chi connectivity index (χ2v) is 6.44. The molecule has 0 spiro atoms. The molecule has 0 aliphatic carbocycles. The van der Waals surface area contributed by atoms with E-state index in [2.05, 4.69) is 14.7 Å². The molecule has 2 heterocycles. The van der Waals surface area contributed by atoms with Crippen LogP contribution in [-0.2, 0) is 16.6 Å². The lowest BCUT2D eigenvalue weighted by Gasteiger charge is -2.14. The summed E-state index contributed by atoms with van der Waals surface area (Å²) in [5.41, 5.74) is 5.46. The summed E-state index contributed by atoms with van der Waals surface area (Å²) in [6, 6.07) is 0.960. The number of nitrogen functional groups attached to an aromatic ring is 1. The molecule has 7 nitrogen and oxygen atoms in total. The number of hydrogen-bond acceptors (Lipinski definition) is 5. The van der Waals surface area contributed by atoms with Crippen molar-refractivity contribution in [3.05, 3.63) is 36.0 Å². The largest absolute Gasteiger partial charge is 0.382 e. The maximum absolute atomic E-state index is 12.2. The third-order valence-corrected chi connectivity index (χ3v) is 4.41. The first kappa shape index (κ1) is 14.8. The Kier molecular flexibility index (Phi) is 4.26. The molecule has 0 bridgehead atoms. The Bertz CT molecular complexity index is 687. The summed E-state index contributed by atoms with van der Waals surface area (Å²) in [6.07, 6.45) is 6.18. The molecule has 0 amide bonds. The zero-order valence-corrected chi connectivity index (χ0v) is 12.3. The van der Waals surface area contributed by atoms with E-state index in [1.165, 1.54) is 12.3 Å². The molecule has 0 saturated heterocycles. The van der Waals surface area contributed by atoms with E-state index in [0.717, 1.165) is 0 Å². The van der Waals surface area contributed by atoms with Crippen molar-refractivity contribution in [3.8, 4) is 0 Å². The van der Waals surface area contributed by atoms with Gasteiger partial charge in [0.2, 0.25) is 10.0 Å². The van der Waals surface area contributed by atoms with Gasteiger partial charge in [0.1, 0.15) is 10.7 Å². The van der Waals surface area contributed by atoms with Gasteiger partial charge < -0.3 is 10.3 Å². The number of nitrogens with two attached hydrogens (primary N) is 1. The minimum Gasteiger partial charge on any atom is -0.382 e. The van der Waals surface area contributed by atoms with Crippen molar-refractivity contribution in [2.45, 2.75) is 24.4 Å². The Morgan fingerprint density at radius 1 is 1.55 bits per heavy atom. The van der Waals surface area contributed by atoms with Crippen LogP contribution in [0.2, 0.25) is 5.02 Å². The summed E-state index contributed by atoms with van der Waals surface area (Å²) in [4.78, 5) is 7.62. The molecule has 9 heteroatoms. The Hall–Kier alpha value is -1.64. The number of imidazole rings is 1. The van der Waals surface area contributed by atoms with Gasteiger partial charge in [-0.3, -0.25) is 0 Å². The first-order valence-electron chi connectivity index (χ1n) is 5.77. The second kappa shape index (κ2) is 5.78. The average Bonchev–Trinajstić information content (AvgIpc) is 2.84. The highest BCUT2D eigenvalue weighted by molar-refractivity contribution is 7.89. The predicted molar refractivity (Wildman–Crippen MR) is 75.7 cm³/mol. The van der Waals surface area contributed by atoms with Crippen molar-refractivity contribution >= 4 is 27.4 Å². The molecule has 0 aliphatic rings. The van der Waals surface area contributed by atoms with E-state index in [4.69, 9.17) is 17.3 Å². The van der Waals surface area contributed by atoms with Crippen LogP contribution in [0.25, 0.3) is 0 Å². The lowest BCUT2D eigenvalue weighted by Crippen LogP contribution is -2.35. The van der Waals surface area contributed by atoms with Gasteiger partial charge in [0.15, 0.2) is 0 Å². The lowest BCUT2D eigenvalue weighted by atomic mass is 10.4. The maximum Gasteiger partial charge on any atom is 0.242 e. The summed E-state index contributed by atoms with van der Waals surface area (Å²) < 4.78 is 28.6. The fourth-order valence-corrected chi connectivity index (χ4v) is 3.09. The van der Waals surface area contributed by atoms with Gasteiger partial charge in [0.05, 0.1) is 11.3 Å². The maximum atomic E-state index is 12.2. The van der Waals surface area contributed by atoms with Crippen molar-refractivity contribution in [3.63, 3.8) is 0 Å². The van der Waals surface area contributed by atoms with E-state index in [-0.39, 0.29) is 21.8 Å². The zero-order valence-electron chi connectivity index (χ0n) is 10.7. The Morgan fingerprint density at radius 3 is 2.90 bits per heavy atom. The number of rotatable bonds is 5. The molecular weight excluding hydrogens is 302 g/mol. The van der Waals surface area contributed by atoms with Crippen LogP contribution in [0.15, 0.2) is 35.9 Å². The van der Waals surface area contributed by atoms with E-state index in [0.29, 0.717) is 6.54 Å². The number of sulfonamides is 1. The van der Waals surface area contributed by atoms with E-state index in [1.54, 1.807) is 30.2 Å². The number of halogens is 1. The third-order valence-electron chi connectivity index (χ3n) is 2.56. The number of nitrogens with one attached hydrogen (secondary N) is 1. The topological polar surface area (TPSA) is 103 Å². The van der Waals surface area contributed by atoms with Crippen molar-refractivity contribution in [2.75, 3.05) is 5.73 Å².